The Morgan fingerprint density at radius 2 is 1.85 bits per heavy atom. The molecule has 0 aromatic heterocycles. The monoisotopic (exact) mass is 479 g/mol. The molecule has 3 amide bonds. The van der Waals surface area contributed by atoms with Crippen LogP contribution in [0.5, 0.6) is 5.75 Å². The zero-order chi connectivity index (χ0) is 25.9. The van der Waals surface area contributed by atoms with Gasteiger partial charge in [0.25, 0.3) is 0 Å². The highest BCUT2D eigenvalue weighted by molar-refractivity contribution is 5.92. The van der Waals surface area contributed by atoms with Crippen molar-refractivity contribution in [3.05, 3.63) is 29.8 Å². The van der Waals surface area contributed by atoms with Crippen molar-refractivity contribution in [2.24, 2.45) is 5.92 Å². The van der Waals surface area contributed by atoms with E-state index >= 15 is 0 Å². The largest absolute Gasteiger partial charge is 0.508 e. The van der Waals surface area contributed by atoms with E-state index in [-0.39, 0.29) is 24.8 Å². The van der Waals surface area contributed by atoms with Crippen molar-refractivity contribution < 1.29 is 29.3 Å². The number of nitrogens with zero attached hydrogens (tertiary/aromatic N) is 1. The Morgan fingerprint density at radius 3 is 2.38 bits per heavy atom. The molecule has 1 rings (SSSR count). The lowest BCUT2D eigenvalue weighted by atomic mass is 9.99. The molecule has 9 nitrogen and oxygen atoms in total. The van der Waals surface area contributed by atoms with Crippen molar-refractivity contribution >= 4 is 17.9 Å². The van der Waals surface area contributed by atoms with Gasteiger partial charge in [-0.2, -0.15) is 0 Å². The summed E-state index contributed by atoms with van der Waals surface area (Å²) < 4.78 is 5.33. The number of hydrogen-bond donors (Lipinski definition) is 4. The average molecular weight is 480 g/mol. The van der Waals surface area contributed by atoms with E-state index in [1.54, 1.807) is 32.9 Å². The SMILES string of the molecule is CCCCNC(=O)C(c1cccc(O)c1)N(CCO)C(=O)C(CC(C)C)NC(=O)OC(C)(C)C. The van der Waals surface area contributed by atoms with Gasteiger partial charge in [0.1, 0.15) is 23.4 Å². The number of benzene rings is 1. The second-order valence-electron chi connectivity index (χ2n) is 9.73. The topological polar surface area (TPSA) is 128 Å². The van der Waals surface area contributed by atoms with E-state index in [0.717, 1.165) is 12.8 Å². The lowest BCUT2D eigenvalue weighted by molar-refractivity contribution is -0.143. The number of alkyl carbamates (subject to hydrolysis) is 1. The van der Waals surface area contributed by atoms with Crippen LogP contribution < -0.4 is 10.6 Å². The second-order valence-corrected chi connectivity index (χ2v) is 9.73. The number of amides is 3. The van der Waals surface area contributed by atoms with Crippen molar-refractivity contribution in [1.82, 2.24) is 15.5 Å². The van der Waals surface area contributed by atoms with Gasteiger partial charge >= 0.3 is 6.09 Å². The van der Waals surface area contributed by atoms with Crippen LogP contribution in [0.4, 0.5) is 4.79 Å². The predicted octanol–water partition coefficient (Wildman–Crippen LogP) is 3.11. The number of aliphatic hydroxyl groups is 1. The molecule has 0 saturated carbocycles. The summed E-state index contributed by atoms with van der Waals surface area (Å²) in [4.78, 5) is 40.6. The summed E-state index contributed by atoms with van der Waals surface area (Å²) in [5.74, 6) is -0.947. The number of nitrogens with one attached hydrogen (secondary N) is 2. The van der Waals surface area contributed by atoms with Crippen LogP contribution >= 0.6 is 0 Å². The summed E-state index contributed by atoms with van der Waals surface area (Å²) in [7, 11) is 0. The molecule has 0 aliphatic carbocycles. The van der Waals surface area contributed by atoms with E-state index < -0.39 is 35.6 Å². The first-order valence-electron chi connectivity index (χ1n) is 11.9. The molecule has 0 aliphatic rings. The number of rotatable bonds is 12. The maximum absolute atomic E-state index is 13.7. The first-order chi connectivity index (χ1) is 15.9. The van der Waals surface area contributed by atoms with Crippen LogP contribution in [-0.4, -0.2) is 64.4 Å². The number of aromatic hydroxyl groups is 1. The zero-order valence-electron chi connectivity index (χ0n) is 21.3. The third kappa shape index (κ3) is 9.99. The van der Waals surface area contributed by atoms with Gasteiger partial charge in [-0.05, 0) is 57.2 Å². The number of phenolic OH excluding ortho intramolecular Hbond substituents is 1. The fourth-order valence-electron chi connectivity index (χ4n) is 3.47. The molecule has 0 spiro atoms. The minimum absolute atomic E-state index is 0.0501. The first-order valence-corrected chi connectivity index (χ1v) is 11.9. The van der Waals surface area contributed by atoms with Crippen molar-refractivity contribution in [3.63, 3.8) is 0 Å². The van der Waals surface area contributed by atoms with Gasteiger partial charge in [-0.25, -0.2) is 4.79 Å². The van der Waals surface area contributed by atoms with Gasteiger partial charge in [0.15, 0.2) is 0 Å². The van der Waals surface area contributed by atoms with Crippen LogP contribution in [0.3, 0.4) is 0 Å². The fourth-order valence-corrected chi connectivity index (χ4v) is 3.47. The lowest BCUT2D eigenvalue weighted by Crippen LogP contribution is -2.54. The van der Waals surface area contributed by atoms with E-state index in [4.69, 9.17) is 4.74 Å². The van der Waals surface area contributed by atoms with E-state index in [1.165, 1.54) is 17.0 Å². The fraction of sp³-hybridized carbons (Fsp3) is 0.640. The number of carbonyl (C=O) groups excluding carboxylic acids is 3. The first kappa shape index (κ1) is 29.2. The van der Waals surface area contributed by atoms with Crippen LogP contribution in [0.25, 0.3) is 0 Å². The van der Waals surface area contributed by atoms with E-state index in [0.29, 0.717) is 18.5 Å². The van der Waals surface area contributed by atoms with Crippen LogP contribution in [0.1, 0.15) is 72.4 Å². The van der Waals surface area contributed by atoms with Crippen molar-refractivity contribution in [2.45, 2.75) is 78.5 Å². The summed E-state index contributed by atoms with van der Waals surface area (Å²) in [5, 5.41) is 25.2. The molecule has 1 aromatic carbocycles. The maximum Gasteiger partial charge on any atom is 0.408 e. The number of hydrogen-bond acceptors (Lipinski definition) is 6. The number of unbranched alkanes of at least 4 members (excludes halogenated alkanes) is 1. The third-order valence-corrected chi connectivity index (χ3v) is 4.90. The molecule has 34 heavy (non-hydrogen) atoms. The normalized spacial score (nSPS) is 13.2. The Morgan fingerprint density at radius 1 is 1.18 bits per heavy atom. The van der Waals surface area contributed by atoms with Crippen LogP contribution in [0.2, 0.25) is 0 Å². The van der Waals surface area contributed by atoms with Crippen LogP contribution in [0.15, 0.2) is 24.3 Å². The molecule has 0 aliphatic heterocycles. The average Bonchev–Trinajstić information content (AvgIpc) is 2.71. The Balaban J connectivity index is 3.36. The smallest absolute Gasteiger partial charge is 0.408 e. The zero-order valence-corrected chi connectivity index (χ0v) is 21.3. The quantitative estimate of drug-likeness (QED) is 0.341. The van der Waals surface area contributed by atoms with Crippen molar-refractivity contribution in [1.29, 1.82) is 0 Å². The van der Waals surface area contributed by atoms with Gasteiger partial charge < -0.3 is 30.5 Å². The highest BCUT2D eigenvalue weighted by Gasteiger charge is 2.36. The summed E-state index contributed by atoms with van der Waals surface area (Å²) in [6, 6.07) is 4.05. The predicted molar refractivity (Wildman–Crippen MR) is 130 cm³/mol. The Labute approximate surface area is 202 Å². The van der Waals surface area contributed by atoms with Crippen molar-refractivity contribution in [2.75, 3.05) is 19.7 Å². The molecular weight excluding hydrogens is 438 g/mol. The van der Waals surface area contributed by atoms with Gasteiger partial charge in [-0.1, -0.05) is 39.3 Å². The highest BCUT2D eigenvalue weighted by Crippen LogP contribution is 2.26. The third-order valence-electron chi connectivity index (χ3n) is 4.90. The van der Waals surface area contributed by atoms with Gasteiger partial charge in [-0.15, -0.1) is 0 Å². The van der Waals surface area contributed by atoms with E-state index in [9.17, 15) is 24.6 Å². The molecule has 9 heteroatoms. The van der Waals surface area contributed by atoms with Gasteiger partial charge in [-0.3, -0.25) is 9.59 Å². The number of carbonyl (C=O) groups is 3. The molecule has 0 heterocycles. The number of aliphatic hydroxyl groups excluding tert-OH is 1. The Bertz CT molecular complexity index is 806. The molecule has 192 valence electrons. The Kier molecular flexibility index (Phi) is 11.9. The summed E-state index contributed by atoms with van der Waals surface area (Å²) in [6.07, 6.45) is 1.22. The van der Waals surface area contributed by atoms with Crippen LogP contribution in [-0.2, 0) is 14.3 Å². The summed E-state index contributed by atoms with van der Waals surface area (Å²) in [6.45, 7) is 10.9. The summed E-state index contributed by atoms with van der Waals surface area (Å²) in [5.41, 5.74) is -0.347. The molecule has 0 bridgehead atoms. The molecule has 2 unspecified atom stereocenters. The second kappa shape index (κ2) is 13.8. The molecule has 1 aromatic rings. The standard InChI is InChI=1S/C25H41N3O6/c1-7-8-12-26-22(31)21(18-10-9-11-19(30)16-18)28(13-14-29)23(32)20(15-17(2)3)27-24(33)34-25(4,5)6/h9-11,16-17,20-21,29-30H,7-8,12-15H2,1-6H3,(H,26,31)(H,27,33). The van der Waals surface area contributed by atoms with E-state index in [2.05, 4.69) is 10.6 Å². The number of phenols is 1. The number of ether oxygens (including phenoxy) is 1. The maximum atomic E-state index is 13.7. The lowest BCUT2D eigenvalue weighted by Gasteiger charge is -2.34. The minimum atomic E-state index is -1.10. The van der Waals surface area contributed by atoms with Crippen molar-refractivity contribution in [3.8, 4) is 5.75 Å². The Hall–Kier alpha value is -2.81. The molecular formula is C25H41N3O6. The molecule has 0 radical (unpaired) electrons. The highest BCUT2D eigenvalue weighted by atomic mass is 16.6. The minimum Gasteiger partial charge on any atom is -0.508 e. The van der Waals surface area contributed by atoms with Crippen LogP contribution in [0, 0.1) is 5.92 Å². The van der Waals surface area contributed by atoms with Gasteiger partial charge in [0.2, 0.25) is 11.8 Å². The molecule has 4 N–H and O–H groups in total. The molecule has 0 fully saturated rings. The summed E-state index contributed by atoms with van der Waals surface area (Å²) >= 11 is 0. The molecule has 0 saturated heterocycles. The van der Waals surface area contributed by atoms with E-state index in [1.807, 2.05) is 20.8 Å². The molecule has 2 atom stereocenters. The van der Waals surface area contributed by atoms with Gasteiger partial charge in [0.05, 0.1) is 6.61 Å². The van der Waals surface area contributed by atoms with Gasteiger partial charge in [0, 0.05) is 13.1 Å².